The Labute approximate surface area is 338 Å². The molecule has 0 radical (unpaired) electrons. The zero-order valence-electron chi connectivity index (χ0n) is 31.7. The molecule has 8 aromatic carbocycles. The third kappa shape index (κ3) is 4.79. The number of rotatable bonds is 7. The Bertz CT molecular complexity index is 2940. The molecule has 0 fully saturated rings. The van der Waals surface area contributed by atoms with Gasteiger partial charge in [0.25, 0.3) is 0 Å². The summed E-state index contributed by atoms with van der Waals surface area (Å²) in [5, 5.41) is 0. The first-order valence-corrected chi connectivity index (χ1v) is 19.9. The highest BCUT2D eigenvalue weighted by molar-refractivity contribution is 6.13. The van der Waals surface area contributed by atoms with Crippen LogP contribution in [-0.2, 0) is 10.8 Å². The van der Waals surface area contributed by atoms with Gasteiger partial charge in [-0.3, -0.25) is 9.78 Å². The van der Waals surface area contributed by atoms with Crippen molar-refractivity contribution in [1.82, 2.24) is 4.98 Å². The molecule has 272 valence electrons. The molecule has 0 saturated carbocycles. The van der Waals surface area contributed by atoms with Crippen LogP contribution in [0.25, 0.3) is 33.4 Å². The molecule has 58 heavy (non-hydrogen) atoms. The molecule has 2 nitrogen and oxygen atoms in total. The first-order chi connectivity index (χ1) is 28.7. The van der Waals surface area contributed by atoms with Crippen LogP contribution in [0.5, 0.6) is 0 Å². The summed E-state index contributed by atoms with van der Waals surface area (Å²) in [7, 11) is 0. The first kappa shape index (κ1) is 33.9. The number of aromatic nitrogens is 1. The van der Waals surface area contributed by atoms with E-state index in [0.717, 1.165) is 33.5 Å². The molecule has 2 aliphatic carbocycles. The number of fused-ring (bicyclic) bond motifs is 6. The van der Waals surface area contributed by atoms with Gasteiger partial charge in [0.15, 0.2) is 5.78 Å². The van der Waals surface area contributed by atoms with E-state index in [1.165, 1.54) is 44.5 Å². The van der Waals surface area contributed by atoms with Crippen molar-refractivity contribution in [1.29, 1.82) is 0 Å². The molecular formula is C56H37NO. The Morgan fingerprint density at radius 1 is 0.362 bits per heavy atom. The van der Waals surface area contributed by atoms with Gasteiger partial charge in [0.05, 0.1) is 16.5 Å². The maximum atomic E-state index is 14.8. The Hall–Kier alpha value is -7.42. The zero-order chi connectivity index (χ0) is 38.7. The number of carbonyl (C=O) groups excluding carboxylic acids is 1. The van der Waals surface area contributed by atoms with Crippen molar-refractivity contribution >= 4 is 5.78 Å². The third-order valence-electron chi connectivity index (χ3n) is 12.5. The van der Waals surface area contributed by atoms with Gasteiger partial charge in [0.1, 0.15) is 0 Å². The summed E-state index contributed by atoms with van der Waals surface area (Å²) in [5.41, 5.74) is 15.9. The summed E-state index contributed by atoms with van der Waals surface area (Å²) in [6, 6.07) is 77.1. The summed E-state index contributed by atoms with van der Waals surface area (Å²) < 4.78 is 0. The second kappa shape index (κ2) is 13.4. The minimum Gasteiger partial charge on any atom is -0.289 e. The van der Waals surface area contributed by atoms with Gasteiger partial charge in [0.2, 0.25) is 0 Å². The van der Waals surface area contributed by atoms with Gasteiger partial charge in [-0.05, 0) is 90.5 Å². The molecular weight excluding hydrogens is 703 g/mol. The lowest BCUT2D eigenvalue weighted by Gasteiger charge is -2.37. The van der Waals surface area contributed by atoms with E-state index in [0.29, 0.717) is 11.1 Å². The van der Waals surface area contributed by atoms with Crippen molar-refractivity contribution in [3.05, 3.63) is 280 Å². The van der Waals surface area contributed by atoms with Crippen molar-refractivity contribution in [3.63, 3.8) is 0 Å². The smallest absolute Gasteiger partial charge is 0.193 e. The second-order valence-corrected chi connectivity index (χ2v) is 15.3. The predicted molar refractivity (Wildman–Crippen MR) is 234 cm³/mol. The third-order valence-corrected chi connectivity index (χ3v) is 12.5. The molecule has 0 spiro atoms. The lowest BCUT2D eigenvalue weighted by atomic mass is 9.64. The molecule has 1 heterocycles. The monoisotopic (exact) mass is 739 g/mol. The fraction of sp³-hybridized carbons (Fsp3) is 0.0357. The first-order valence-electron chi connectivity index (χ1n) is 19.9. The molecule has 2 heteroatoms. The van der Waals surface area contributed by atoms with Crippen LogP contribution >= 0.6 is 0 Å². The highest BCUT2D eigenvalue weighted by Crippen LogP contribution is 2.59. The molecule has 11 rings (SSSR count). The molecule has 0 bridgehead atoms. The highest BCUT2D eigenvalue weighted by atomic mass is 16.1. The summed E-state index contributed by atoms with van der Waals surface area (Å²) in [6.07, 6.45) is 1.91. The van der Waals surface area contributed by atoms with Gasteiger partial charge in [-0.25, -0.2) is 0 Å². The molecule has 0 atom stereocenters. The molecule has 9 aromatic rings. The number of pyridine rings is 1. The van der Waals surface area contributed by atoms with Crippen molar-refractivity contribution in [2.24, 2.45) is 0 Å². The number of benzene rings is 8. The van der Waals surface area contributed by atoms with Gasteiger partial charge < -0.3 is 0 Å². The van der Waals surface area contributed by atoms with Crippen molar-refractivity contribution < 1.29 is 4.79 Å². The van der Waals surface area contributed by atoms with Gasteiger partial charge in [-0.2, -0.15) is 0 Å². The van der Waals surface area contributed by atoms with E-state index in [9.17, 15) is 4.79 Å². The Kier molecular flexibility index (Phi) is 7.80. The minimum absolute atomic E-state index is 0.00181. The summed E-state index contributed by atoms with van der Waals surface area (Å²) in [6.45, 7) is 0. The topological polar surface area (TPSA) is 30.0 Å². The molecule has 0 unspecified atom stereocenters. The standard InChI is InChI=1S/C56H37NO/c58-54(48-29-5-4-24-43(48)38-18-2-1-3-19-38)39-20-16-21-40(36-39)55(49-30-10-6-25-44(49)45-26-7-11-31-50(45)55)41-22-17-23-42(37-41)56(53-34-14-15-35-57-53)51-32-12-8-27-46(51)47-28-9-13-33-52(47)56/h1-37H. The van der Waals surface area contributed by atoms with Crippen molar-refractivity contribution in [2.75, 3.05) is 0 Å². The van der Waals surface area contributed by atoms with Gasteiger partial charge in [0, 0.05) is 17.3 Å². The van der Waals surface area contributed by atoms with E-state index < -0.39 is 10.8 Å². The Morgan fingerprint density at radius 3 is 1.38 bits per heavy atom. The average molecular weight is 740 g/mol. The zero-order valence-corrected chi connectivity index (χ0v) is 31.7. The quantitative estimate of drug-likeness (QED) is 0.152. The summed E-state index contributed by atoms with van der Waals surface area (Å²) >= 11 is 0. The van der Waals surface area contributed by atoms with E-state index in [2.05, 4.69) is 164 Å². The van der Waals surface area contributed by atoms with Crippen LogP contribution in [0.3, 0.4) is 0 Å². The summed E-state index contributed by atoms with van der Waals surface area (Å²) in [4.78, 5) is 19.9. The Balaban J connectivity index is 1.18. The minimum atomic E-state index is -0.735. The lowest BCUT2D eigenvalue weighted by Crippen LogP contribution is -2.32. The fourth-order valence-corrected chi connectivity index (χ4v) is 10.2. The highest BCUT2D eigenvalue weighted by Gasteiger charge is 2.50. The maximum Gasteiger partial charge on any atom is 0.193 e. The van der Waals surface area contributed by atoms with Crippen LogP contribution in [0.2, 0.25) is 0 Å². The predicted octanol–water partition coefficient (Wildman–Crippen LogP) is 12.7. The largest absolute Gasteiger partial charge is 0.289 e. The molecule has 0 N–H and O–H groups in total. The van der Waals surface area contributed by atoms with E-state index in [1.54, 1.807) is 0 Å². The van der Waals surface area contributed by atoms with E-state index in [-0.39, 0.29) is 5.78 Å². The summed E-state index contributed by atoms with van der Waals surface area (Å²) in [5.74, 6) is -0.00181. The molecule has 0 saturated heterocycles. The molecule has 0 amide bonds. The molecule has 1 aromatic heterocycles. The van der Waals surface area contributed by atoms with Crippen molar-refractivity contribution in [2.45, 2.75) is 10.8 Å². The van der Waals surface area contributed by atoms with Gasteiger partial charge in [-0.15, -0.1) is 0 Å². The normalized spacial score (nSPS) is 13.9. The number of carbonyl (C=O) groups is 1. The lowest BCUT2D eigenvalue weighted by molar-refractivity contribution is 0.103. The van der Waals surface area contributed by atoms with Crippen LogP contribution in [0, 0.1) is 0 Å². The van der Waals surface area contributed by atoms with E-state index >= 15 is 0 Å². The van der Waals surface area contributed by atoms with E-state index in [1.807, 2.05) is 60.8 Å². The van der Waals surface area contributed by atoms with Crippen molar-refractivity contribution in [3.8, 4) is 33.4 Å². The maximum absolute atomic E-state index is 14.8. The number of hydrogen-bond donors (Lipinski definition) is 0. The van der Waals surface area contributed by atoms with Gasteiger partial charge >= 0.3 is 0 Å². The van der Waals surface area contributed by atoms with Crippen LogP contribution in [0.15, 0.2) is 225 Å². The van der Waals surface area contributed by atoms with E-state index in [4.69, 9.17) is 4.98 Å². The van der Waals surface area contributed by atoms with Gasteiger partial charge in [-0.1, -0.05) is 200 Å². The van der Waals surface area contributed by atoms with Crippen LogP contribution in [0.1, 0.15) is 60.6 Å². The Morgan fingerprint density at radius 2 is 0.810 bits per heavy atom. The van der Waals surface area contributed by atoms with Crippen LogP contribution in [-0.4, -0.2) is 10.8 Å². The van der Waals surface area contributed by atoms with Crippen LogP contribution < -0.4 is 0 Å². The fourth-order valence-electron chi connectivity index (χ4n) is 10.2. The SMILES string of the molecule is O=C(c1cccc(C2(c3cccc(C4(c5ccccn5)c5ccccc5-c5ccccc54)c3)c3ccccc3-c3ccccc32)c1)c1ccccc1-c1ccccc1. The molecule has 2 aliphatic rings. The number of nitrogens with zero attached hydrogens (tertiary/aromatic N) is 1. The average Bonchev–Trinajstić information content (AvgIpc) is 3.78. The molecule has 0 aliphatic heterocycles. The number of hydrogen-bond acceptors (Lipinski definition) is 2. The second-order valence-electron chi connectivity index (χ2n) is 15.3. The van der Waals surface area contributed by atoms with Crippen LogP contribution in [0.4, 0.5) is 0 Å². The number of ketones is 1.